The molecule has 2 aromatic rings. The summed E-state index contributed by atoms with van der Waals surface area (Å²) in [5.41, 5.74) is 1.16. The number of hydrogen-bond donors (Lipinski definition) is 1. The van der Waals surface area contributed by atoms with Crippen LogP contribution in [0.3, 0.4) is 0 Å². The fraction of sp³-hybridized carbons (Fsp3) is 0.286. The first-order valence-corrected chi connectivity index (χ1v) is 8.79. The van der Waals surface area contributed by atoms with E-state index in [4.69, 9.17) is 14.2 Å². The minimum atomic E-state index is -1.04. The van der Waals surface area contributed by atoms with Crippen LogP contribution in [0.25, 0.3) is 0 Å². The molecule has 0 aliphatic rings. The van der Waals surface area contributed by atoms with Crippen LogP contribution in [0.5, 0.6) is 11.5 Å². The van der Waals surface area contributed by atoms with E-state index in [0.717, 1.165) is 0 Å². The summed E-state index contributed by atoms with van der Waals surface area (Å²) in [6.45, 7) is 5.14. The summed E-state index contributed by atoms with van der Waals surface area (Å²) < 4.78 is 15.9. The van der Waals surface area contributed by atoms with E-state index in [1.807, 2.05) is 6.92 Å². The molecular formula is C21H23NO6. The van der Waals surface area contributed by atoms with Crippen LogP contribution in [0.4, 0.5) is 5.69 Å². The molecule has 0 aliphatic carbocycles. The highest BCUT2D eigenvalue weighted by atomic mass is 16.5. The maximum absolute atomic E-state index is 12.4. The third-order valence-electron chi connectivity index (χ3n) is 3.89. The van der Waals surface area contributed by atoms with Crippen LogP contribution in [0.15, 0.2) is 42.5 Å². The number of nitrogens with one attached hydrogen (secondary N) is 1. The maximum atomic E-state index is 12.4. The number of esters is 1. The van der Waals surface area contributed by atoms with Crippen molar-refractivity contribution in [3.05, 3.63) is 53.6 Å². The first-order chi connectivity index (χ1) is 13.3. The number of carbonyl (C=O) groups excluding carboxylic acids is 3. The van der Waals surface area contributed by atoms with Crippen molar-refractivity contribution in [3.63, 3.8) is 0 Å². The molecule has 2 rings (SSSR count). The number of carbonyl (C=O) groups is 3. The Hall–Kier alpha value is -3.35. The van der Waals surface area contributed by atoms with E-state index >= 15 is 0 Å². The third kappa shape index (κ3) is 5.33. The second kappa shape index (κ2) is 9.55. The Kier molecular flexibility index (Phi) is 7.14. The summed E-state index contributed by atoms with van der Waals surface area (Å²) in [6.07, 6.45) is -1.04. The Balaban J connectivity index is 2.05. The predicted octanol–water partition coefficient (Wildman–Crippen LogP) is 3.48. The van der Waals surface area contributed by atoms with Gasteiger partial charge in [-0.1, -0.05) is 12.1 Å². The lowest BCUT2D eigenvalue weighted by atomic mass is 10.1. The zero-order valence-corrected chi connectivity index (χ0v) is 16.3. The molecule has 0 radical (unpaired) electrons. The molecule has 0 aromatic heterocycles. The van der Waals surface area contributed by atoms with Gasteiger partial charge in [-0.25, -0.2) is 4.79 Å². The lowest BCUT2D eigenvalue weighted by Crippen LogP contribution is -2.30. The lowest BCUT2D eigenvalue weighted by Gasteiger charge is -2.15. The average molecular weight is 385 g/mol. The molecule has 7 heteroatoms. The number of amides is 1. The maximum Gasteiger partial charge on any atom is 0.339 e. The number of rotatable bonds is 8. The smallest absolute Gasteiger partial charge is 0.339 e. The van der Waals surface area contributed by atoms with E-state index in [0.29, 0.717) is 29.4 Å². The van der Waals surface area contributed by atoms with Gasteiger partial charge in [0.1, 0.15) is 0 Å². The third-order valence-corrected chi connectivity index (χ3v) is 3.89. The van der Waals surface area contributed by atoms with Gasteiger partial charge < -0.3 is 19.5 Å². The standard InChI is InChI=1S/C21H23NO6/c1-5-27-19-12-16(9-10-18(19)26-4)21(25)28-14(3)20(24)22-17-8-6-7-15(11-17)13(2)23/h6-12,14H,5H2,1-4H3,(H,22,24)/t14-/m0/s1. The molecular weight excluding hydrogens is 362 g/mol. The number of anilines is 1. The highest BCUT2D eigenvalue weighted by Crippen LogP contribution is 2.28. The molecule has 0 heterocycles. The van der Waals surface area contributed by atoms with Crippen molar-refractivity contribution >= 4 is 23.3 Å². The van der Waals surface area contributed by atoms with Crippen LogP contribution in [0.2, 0.25) is 0 Å². The molecule has 0 bridgehead atoms. The van der Waals surface area contributed by atoms with Crippen LogP contribution >= 0.6 is 0 Å². The van der Waals surface area contributed by atoms with Crippen LogP contribution < -0.4 is 14.8 Å². The van der Waals surface area contributed by atoms with Crippen molar-refractivity contribution in [1.82, 2.24) is 0 Å². The Morgan fingerprint density at radius 2 is 1.79 bits per heavy atom. The van der Waals surface area contributed by atoms with Crippen molar-refractivity contribution in [2.24, 2.45) is 0 Å². The van der Waals surface area contributed by atoms with Crippen LogP contribution in [0.1, 0.15) is 41.5 Å². The quantitative estimate of drug-likeness (QED) is 0.553. The van der Waals surface area contributed by atoms with Gasteiger partial charge in [0.25, 0.3) is 5.91 Å². The molecule has 0 spiro atoms. The van der Waals surface area contributed by atoms with Gasteiger partial charge in [0.15, 0.2) is 23.4 Å². The topological polar surface area (TPSA) is 90.9 Å². The average Bonchev–Trinajstić information content (AvgIpc) is 2.68. The fourth-order valence-corrected chi connectivity index (χ4v) is 2.41. The zero-order chi connectivity index (χ0) is 20.7. The van der Waals surface area contributed by atoms with Gasteiger partial charge in [-0.2, -0.15) is 0 Å². The summed E-state index contributed by atoms with van der Waals surface area (Å²) in [5.74, 6) is -0.372. The summed E-state index contributed by atoms with van der Waals surface area (Å²) in [6, 6.07) is 11.2. The molecule has 0 fully saturated rings. The van der Waals surface area contributed by atoms with Crippen molar-refractivity contribution in [1.29, 1.82) is 0 Å². The van der Waals surface area contributed by atoms with E-state index in [1.165, 1.54) is 33.1 Å². The molecule has 1 amide bonds. The minimum absolute atomic E-state index is 0.111. The van der Waals surface area contributed by atoms with Gasteiger partial charge >= 0.3 is 5.97 Å². The normalized spacial score (nSPS) is 11.3. The minimum Gasteiger partial charge on any atom is -0.493 e. The number of ketones is 1. The van der Waals surface area contributed by atoms with Gasteiger partial charge in [0.05, 0.1) is 19.3 Å². The SMILES string of the molecule is CCOc1cc(C(=O)O[C@@H](C)C(=O)Nc2cccc(C(C)=O)c2)ccc1OC. The molecule has 0 unspecified atom stereocenters. The Morgan fingerprint density at radius 3 is 2.43 bits per heavy atom. The van der Waals surface area contributed by atoms with Crippen LogP contribution in [0, 0.1) is 0 Å². The largest absolute Gasteiger partial charge is 0.493 e. The Bertz CT molecular complexity index is 877. The van der Waals surface area contributed by atoms with Gasteiger partial charge in [-0.3, -0.25) is 9.59 Å². The van der Waals surface area contributed by atoms with E-state index in [1.54, 1.807) is 30.3 Å². The summed E-state index contributed by atoms with van der Waals surface area (Å²) in [5, 5.41) is 2.63. The number of hydrogen-bond acceptors (Lipinski definition) is 6. The van der Waals surface area contributed by atoms with Crippen molar-refractivity contribution in [2.75, 3.05) is 19.0 Å². The first-order valence-electron chi connectivity index (χ1n) is 8.79. The highest BCUT2D eigenvalue weighted by molar-refractivity contribution is 5.99. The van der Waals surface area contributed by atoms with Gasteiger partial charge in [0, 0.05) is 11.3 Å². The fourth-order valence-electron chi connectivity index (χ4n) is 2.41. The van der Waals surface area contributed by atoms with Gasteiger partial charge in [0.2, 0.25) is 0 Å². The van der Waals surface area contributed by atoms with Crippen molar-refractivity contribution in [3.8, 4) is 11.5 Å². The van der Waals surface area contributed by atoms with E-state index in [-0.39, 0.29) is 11.3 Å². The molecule has 0 saturated heterocycles. The van der Waals surface area contributed by atoms with Crippen LogP contribution in [-0.4, -0.2) is 37.5 Å². The number of methoxy groups -OCH3 is 1. The predicted molar refractivity (Wildman–Crippen MR) is 104 cm³/mol. The second-order valence-corrected chi connectivity index (χ2v) is 5.97. The molecule has 0 aliphatic heterocycles. The summed E-state index contributed by atoms with van der Waals surface area (Å²) in [4.78, 5) is 36.1. The number of Topliss-reactive ketones (excluding diaryl/α,β-unsaturated/α-hetero) is 1. The number of ether oxygens (including phenoxy) is 3. The van der Waals surface area contributed by atoms with Crippen molar-refractivity contribution < 1.29 is 28.6 Å². The molecule has 28 heavy (non-hydrogen) atoms. The Morgan fingerprint density at radius 1 is 1.04 bits per heavy atom. The lowest BCUT2D eigenvalue weighted by molar-refractivity contribution is -0.123. The van der Waals surface area contributed by atoms with Gasteiger partial charge in [-0.05, 0) is 51.1 Å². The van der Waals surface area contributed by atoms with E-state index in [2.05, 4.69) is 5.32 Å². The molecule has 7 nitrogen and oxygen atoms in total. The first kappa shape index (κ1) is 21.0. The van der Waals surface area contributed by atoms with E-state index in [9.17, 15) is 14.4 Å². The summed E-state index contributed by atoms with van der Waals surface area (Å²) in [7, 11) is 1.50. The second-order valence-electron chi connectivity index (χ2n) is 5.97. The van der Waals surface area contributed by atoms with Gasteiger partial charge in [-0.15, -0.1) is 0 Å². The zero-order valence-electron chi connectivity index (χ0n) is 16.3. The van der Waals surface area contributed by atoms with Crippen molar-refractivity contribution in [2.45, 2.75) is 26.9 Å². The molecule has 1 N–H and O–H groups in total. The molecule has 1 atom stereocenters. The monoisotopic (exact) mass is 385 g/mol. The molecule has 148 valence electrons. The molecule has 0 saturated carbocycles. The van der Waals surface area contributed by atoms with E-state index < -0.39 is 18.0 Å². The van der Waals surface area contributed by atoms with Crippen LogP contribution in [-0.2, 0) is 9.53 Å². The Labute approximate surface area is 163 Å². The summed E-state index contributed by atoms with van der Waals surface area (Å²) >= 11 is 0. The molecule has 2 aromatic carbocycles. The number of benzene rings is 2. The highest BCUT2D eigenvalue weighted by Gasteiger charge is 2.20.